The molecular weight excluding hydrogens is 236 g/mol. The van der Waals surface area contributed by atoms with Crippen LogP contribution in [0.15, 0.2) is 24.3 Å². The van der Waals surface area contributed by atoms with Gasteiger partial charge < -0.3 is 5.11 Å². The molecule has 0 radical (unpaired) electrons. The van der Waals surface area contributed by atoms with Crippen LogP contribution in [0.5, 0.6) is 0 Å². The van der Waals surface area contributed by atoms with Crippen molar-refractivity contribution < 1.29 is 9.90 Å². The highest BCUT2D eigenvalue weighted by atomic mass is 16.4. The van der Waals surface area contributed by atoms with Crippen LogP contribution in [0.1, 0.15) is 47.8 Å². The van der Waals surface area contributed by atoms with Gasteiger partial charge in [0.2, 0.25) is 0 Å². The predicted molar refractivity (Wildman–Crippen MR) is 79.0 cm³/mol. The first-order valence-electron chi connectivity index (χ1n) is 6.94. The summed E-state index contributed by atoms with van der Waals surface area (Å²) in [6.45, 7) is 6.16. The van der Waals surface area contributed by atoms with E-state index in [4.69, 9.17) is 0 Å². The summed E-state index contributed by atoms with van der Waals surface area (Å²) >= 11 is 0. The van der Waals surface area contributed by atoms with Gasteiger partial charge in [0.1, 0.15) is 0 Å². The zero-order valence-electron chi connectivity index (χ0n) is 11.8. The van der Waals surface area contributed by atoms with Crippen molar-refractivity contribution in [3.8, 4) is 0 Å². The van der Waals surface area contributed by atoms with Crippen LogP contribution in [-0.4, -0.2) is 11.1 Å². The van der Waals surface area contributed by atoms with Gasteiger partial charge in [-0.2, -0.15) is 0 Å². The first kappa shape index (κ1) is 13.6. The maximum absolute atomic E-state index is 11.7. The molecule has 2 heteroatoms. The number of benzene rings is 2. The lowest BCUT2D eigenvalue weighted by Gasteiger charge is -2.18. The molecule has 0 bridgehead atoms. The molecule has 0 fully saturated rings. The molecule has 19 heavy (non-hydrogen) atoms. The third kappa shape index (κ3) is 2.12. The number of hydrogen-bond acceptors (Lipinski definition) is 1. The van der Waals surface area contributed by atoms with Crippen molar-refractivity contribution in [1.29, 1.82) is 0 Å². The molecule has 0 aromatic heterocycles. The number of carbonyl (C=O) groups is 1. The SMILES string of the molecule is CCc1c(C(=O)O)c(CC)c2ccccc2c1CC. The fraction of sp³-hybridized carbons (Fsp3) is 0.353. The van der Waals surface area contributed by atoms with E-state index < -0.39 is 5.97 Å². The molecule has 0 spiro atoms. The Bertz CT molecular complexity index is 627. The van der Waals surface area contributed by atoms with Gasteiger partial charge in [0.05, 0.1) is 5.56 Å². The number of aromatic carboxylic acids is 1. The molecule has 2 aromatic rings. The molecule has 2 rings (SSSR count). The van der Waals surface area contributed by atoms with E-state index in [1.807, 2.05) is 32.0 Å². The fourth-order valence-electron chi connectivity index (χ4n) is 3.06. The van der Waals surface area contributed by atoms with Crippen LogP contribution in [0.4, 0.5) is 0 Å². The van der Waals surface area contributed by atoms with Crippen LogP contribution in [0.25, 0.3) is 10.8 Å². The number of rotatable bonds is 4. The second-order valence-corrected chi connectivity index (χ2v) is 4.72. The van der Waals surface area contributed by atoms with Crippen LogP contribution in [0, 0.1) is 0 Å². The van der Waals surface area contributed by atoms with Gasteiger partial charge in [-0.1, -0.05) is 45.0 Å². The lowest BCUT2D eigenvalue weighted by atomic mass is 9.86. The summed E-state index contributed by atoms with van der Waals surface area (Å²) in [6.07, 6.45) is 2.38. The molecular formula is C17H20O2. The van der Waals surface area contributed by atoms with Gasteiger partial charge in [-0.15, -0.1) is 0 Å². The van der Waals surface area contributed by atoms with Gasteiger partial charge in [-0.25, -0.2) is 4.79 Å². The number of carboxylic acids is 1. The number of carboxylic acid groups (broad SMARTS) is 1. The van der Waals surface area contributed by atoms with E-state index in [9.17, 15) is 9.90 Å². The highest BCUT2D eigenvalue weighted by molar-refractivity contribution is 6.01. The standard InChI is InChI=1S/C17H20O2/c1-4-11-12(5-2)16(17(18)19)13(6-3)15-10-8-7-9-14(11)15/h7-10H,4-6H2,1-3H3,(H,18,19). The maximum atomic E-state index is 11.7. The van der Waals surface area contributed by atoms with Crippen molar-refractivity contribution in [3.63, 3.8) is 0 Å². The monoisotopic (exact) mass is 256 g/mol. The highest BCUT2D eigenvalue weighted by Gasteiger charge is 2.20. The van der Waals surface area contributed by atoms with Crippen molar-refractivity contribution in [2.24, 2.45) is 0 Å². The Balaban J connectivity index is 3.01. The molecule has 1 N–H and O–H groups in total. The first-order chi connectivity index (χ1) is 9.15. The number of hydrogen-bond donors (Lipinski definition) is 1. The number of aryl methyl sites for hydroxylation is 2. The second kappa shape index (κ2) is 5.43. The van der Waals surface area contributed by atoms with Crippen LogP contribution in [-0.2, 0) is 19.3 Å². The average molecular weight is 256 g/mol. The molecule has 0 saturated heterocycles. The van der Waals surface area contributed by atoms with Crippen molar-refractivity contribution in [1.82, 2.24) is 0 Å². The third-order valence-electron chi connectivity index (χ3n) is 3.82. The van der Waals surface area contributed by atoms with Crippen molar-refractivity contribution in [2.75, 3.05) is 0 Å². The van der Waals surface area contributed by atoms with Crippen LogP contribution >= 0.6 is 0 Å². The minimum absolute atomic E-state index is 0.528. The van der Waals surface area contributed by atoms with Gasteiger partial charge in [-0.3, -0.25) is 0 Å². The molecule has 0 aliphatic rings. The van der Waals surface area contributed by atoms with Gasteiger partial charge >= 0.3 is 5.97 Å². The van der Waals surface area contributed by atoms with Gasteiger partial charge in [-0.05, 0) is 46.7 Å². The summed E-state index contributed by atoms with van der Waals surface area (Å²) in [5.41, 5.74) is 3.69. The largest absolute Gasteiger partial charge is 0.478 e. The lowest BCUT2D eigenvalue weighted by Crippen LogP contribution is -2.10. The van der Waals surface area contributed by atoms with Crippen LogP contribution in [0.2, 0.25) is 0 Å². The first-order valence-corrected chi connectivity index (χ1v) is 6.94. The Hall–Kier alpha value is -1.83. The summed E-state index contributed by atoms with van der Waals surface area (Å²) in [5.74, 6) is -0.797. The summed E-state index contributed by atoms with van der Waals surface area (Å²) in [5, 5.41) is 11.9. The maximum Gasteiger partial charge on any atom is 0.336 e. The third-order valence-corrected chi connectivity index (χ3v) is 3.82. The normalized spacial score (nSPS) is 10.9. The van der Waals surface area contributed by atoms with E-state index in [-0.39, 0.29) is 0 Å². The van der Waals surface area contributed by atoms with E-state index in [2.05, 4.69) is 13.0 Å². The molecule has 0 atom stereocenters. The Labute approximate surface area is 114 Å². The van der Waals surface area contributed by atoms with E-state index in [1.54, 1.807) is 0 Å². The van der Waals surface area contributed by atoms with E-state index in [0.717, 1.165) is 35.8 Å². The summed E-state index contributed by atoms with van der Waals surface area (Å²) in [6, 6.07) is 8.16. The number of fused-ring (bicyclic) bond motifs is 1. The Morgan fingerprint density at radius 1 is 0.895 bits per heavy atom. The van der Waals surface area contributed by atoms with Crippen LogP contribution in [0.3, 0.4) is 0 Å². The molecule has 100 valence electrons. The zero-order valence-corrected chi connectivity index (χ0v) is 11.8. The van der Waals surface area contributed by atoms with Crippen molar-refractivity contribution in [3.05, 3.63) is 46.5 Å². The second-order valence-electron chi connectivity index (χ2n) is 4.72. The van der Waals surface area contributed by atoms with E-state index in [1.165, 1.54) is 10.9 Å². The molecule has 0 saturated carbocycles. The van der Waals surface area contributed by atoms with Gasteiger partial charge in [0.15, 0.2) is 0 Å². The summed E-state index contributed by atoms with van der Waals surface area (Å²) < 4.78 is 0. The summed E-state index contributed by atoms with van der Waals surface area (Å²) in [4.78, 5) is 11.7. The molecule has 2 nitrogen and oxygen atoms in total. The zero-order chi connectivity index (χ0) is 14.0. The average Bonchev–Trinajstić information content (AvgIpc) is 2.44. The van der Waals surface area contributed by atoms with Crippen molar-refractivity contribution in [2.45, 2.75) is 40.0 Å². The van der Waals surface area contributed by atoms with E-state index in [0.29, 0.717) is 5.56 Å². The van der Waals surface area contributed by atoms with Crippen LogP contribution < -0.4 is 0 Å². The molecule has 0 heterocycles. The lowest BCUT2D eigenvalue weighted by molar-refractivity contribution is 0.0694. The van der Waals surface area contributed by atoms with Gasteiger partial charge in [0, 0.05) is 0 Å². The molecule has 0 aliphatic carbocycles. The minimum atomic E-state index is -0.797. The minimum Gasteiger partial charge on any atom is -0.478 e. The smallest absolute Gasteiger partial charge is 0.336 e. The molecule has 0 amide bonds. The fourth-order valence-corrected chi connectivity index (χ4v) is 3.06. The topological polar surface area (TPSA) is 37.3 Å². The van der Waals surface area contributed by atoms with Crippen molar-refractivity contribution >= 4 is 16.7 Å². The van der Waals surface area contributed by atoms with E-state index >= 15 is 0 Å². The molecule has 0 unspecified atom stereocenters. The Kier molecular flexibility index (Phi) is 3.89. The highest BCUT2D eigenvalue weighted by Crippen LogP contribution is 2.32. The molecule has 0 aliphatic heterocycles. The summed E-state index contributed by atoms with van der Waals surface area (Å²) in [7, 11) is 0. The predicted octanol–water partition coefficient (Wildman–Crippen LogP) is 4.23. The Morgan fingerprint density at radius 2 is 1.37 bits per heavy atom. The van der Waals surface area contributed by atoms with Gasteiger partial charge in [0.25, 0.3) is 0 Å². The quantitative estimate of drug-likeness (QED) is 0.889. The Morgan fingerprint density at radius 3 is 1.79 bits per heavy atom. The molecule has 2 aromatic carbocycles.